The minimum Gasteiger partial charge on any atom is -0.258 e. The van der Waals surface area contributed by atoms with Crippen molar-refractivity contribution in [3.8, 4) is 0 Å². The first-order valence-electron chi connectivity index (χ1n) is 6.32. The molecule has 0 amide bonds. The summed E-state index contributed by atoms with van der Waals surface area (Å²) < 4.78 is 39.4. The molecule has 20 heavy (non-hydrogen) atoms. The molecule has 0 aliphatic rings. The molecule has 1 aromatic rings. The molecule has 0 fully saturated rings. The number of nitro benzene ring substituents is 1. The molecule has 112 valence electrons. The highest BCUT2D eigenvalue weighted by Crippen LogP contribution is 2.20. The number of halogens is 1. The average Bonchev–Trinajstić information content (AvgIpc) is 2.37. The standard InChI is InChI=1S/C12H17FN2O4S/c1-2-3-4-5-8-14-20(18,19)10-6-7-12(15(16)17)11(13)9-10/h6-7,9,14H,2-5,8H2,1H3. The maximum absolute atomic E-state index is 13.4. The topological polar surface area (TPSA) is 89.3 Å². The van der Waals surface area contributed by atoms with Crippen molar-refractivity contribution in [1.82, 2.24) is 4.72 Å². The van der Waals surface area contributed by atoms with Gasteiger partial charge in [-0.2, -0.15) is 4.39 Å². The third-order valence-corrected chi connectivity index (χ3v) is 4.21. The number of benzene rings is 1. The Bertz CT molecular complexity index is 575. The van der Waals surface area contributed by atoms with Gasteiger partial charge in [0.1, 0.15) is 0 Å². The lowest BCUT2D eigenvalue weighted by Crippen LogP contribution is -2.25. The van der Waals surface area contributed by atoms with Crippen LogP contribution in [0.15, 0.2) is 23.1 Å². The number of nitrogens with one attached hydrogen (secondary N) is 1. The van der Waals surface area contributed by atoms with Crippen molar-refractivity contribution in [1.29, 1.82) is 0 Å². The Balaban J connectivity index is 2.73. The summed E-state index contributed by atoms with van der Waals surface area (Å²) in [6.45, 7) is 2.31. The average molecular weight is 304 g/mol. The molecule has 0 aromatic heterocycles. The van der Waals surface area contributed by atoms with Gasteiger partial charge in [0.15, 0.2) is 0 Å². The number of hydrogen-bond donors (Lipinski definition) is 1. The van der Waals surface area contributed by atoms with E-state index < -0.39 is 26.5 Å². The molecule has 8 heteroatoms. The molecule has 1 rings (SSSR count). The number of nitrogens with zero attached hydrogens (tertiary/aromatic N) is 1. The van der Waals surface area contributed by atoms with Crippen molar-refractivity contribution >= 4 is 15.7 Å². The van der Waals surface area contributed by atoms with Crippen LogP contribution in [0.3, 0.4) is 0 Å². The molecule has 0 spiro atoms. The van der Waals surface area contributed by atoms with Crippen molar-refractivity contribution in [3.63, 3.8) is 0 Å². The van der Waals surface area contributed by atoms with Crippen molar-refractivity contribution in [2.75, 3.05) is 6.54 Å². The SMILES string of the molecule is CCCCCCNS(=O)(=O)c1ccc([N+](=O)[O-])c(F)c1. The summed E-state index contributed by atoms with van der Waals surface area (Å²) in [4.78, 5) is 9.25. The molecule has 0 atom stereocenters. The molecular weight excluding hydrogens is 287 g/mol. The van der Waals surface area contributed by atoms with Crippen LogP contribution < -0.4 is 4.72 Å². The highest BCUT2D eigenvalue weighted by Gasteiger charge is 2.20. The van der Waals surface area contributed by atoms with Crippen LogP contribution in [0, 0.1) is 15.9 Å². The smallest absolute Gasteiger partial charge is 0.258 e. The predicted octanol–water partition coefficient (Wildman–Crippen LogP) is 2.59. The Morgan fingerprint density at radius 3 is 2.55 bits per heavy atom. The second-order valence-corrected chi connectivity index (χ2v) is 6.10. The minimum absolute atomic E-state index is 0.265. The molecule has 0 unspecified atom stereocenters. The molecule has 0 heterocycles. The summed E-state index contributed by atoms with van der Waals surface area (Å²) in [5.74, 6) is -1.16. The van der Waals surface area contributed by atoms with Gasteiger partial charge in [0.05, 0.1) is 9.82 Å². The second kappa shape index (κ2) is 7.30. The normalized spacial score (nSPS) is 11.5. The van der Waals surface area contributed by atoms with E-state index in [0.717, 1.165) is 31.4 Å². The van der Waals surface area contributed by atoms with Gasteiger partial charge in [-0.1, -0.05) is 26.2 Å². The fourth-order valence-corrected chi connectivity index (χ4v) is 2.73. The monoisotopic (exact) mass is 304 g/mol. The van der Waals surface area contributed by atoms with E-state index in [1.165, 1.54) is 0 Å². The van der Waals surface area contributed by atoms with Gasteiger partial charge in [-0.3, -0.25) is 10.1 Å². The second-order valence-electron chi connectivity index (χ2n) is 4.33. The Morgan fingerprint density at radius 2 is 2.00 bits per heavy atom. The number of sulfonamides is 1. The van der Waals surface area contributed by atoms with Gasteiger partial charge in [-0.15, -0.1) is 0 Å². The molecule has 1 aromatic carbocycles. The quantitative estimate of drug-likeness (QED) is 0.454. The number of hydrogen-bond acceptors (Lipinski definition) is 4. The maximum atomic E-state index is 13.4. The van der Waals surface area contributed by atoms with Crippen molar-refractivity contribution in [3.05, 3.63) is 34.1 Å². The Kier molecular flexibility index (Phi) is 6.03. The van der Waals surface area contributed by atoms with Crippen molar-refractivity contribution in [2.24, 2.45) is 0 Å². The molecular formula is C12H17FN2O4S. The van der Waals surface area contributed by atoms with Crippen LogP contribution >= 0.6 is 0 Å². The first-order valence-corrected chi connectivity index (χ1v) is 7.80. The highest BCUT2D eigenvalue weighted by molar-refractivity contribution is 7.89. The Hall–Kier alpha value is -1.54. The van der Waals surface area contributed by atoms with E-state index in [-0.39, 0.29) is 11.4 Å². The first kappa shape index (κ1) is 16.5. The summed E-state index contributed by atoms with van der Waals surface area (Å²) in [7, 11) is -3.83. The molecule has 0 saturated carbocycles. The van der Waals surface area contributed by atoms with Gasteiger partial charge >= 0.3 is 5.69 Å². The summed E-state index contributed by atoms with van der Waals surface area (Å²) in [6.07, 6.45) is 3.67. The lowest BCUT2D eigenvalue weighted by molar-refractivity contribution is -0.387. The van der Waals surface area contributed by atoms with E-state index in [2.05, 4.69) is 4.72 Å². The van der Waals surface area contributed by atoms with E-state index in [1.807, 2.05) is 6.92 Å². The van der Waals surface area contributed by atoms with E-state index in [9.17, 15) is 22.9 Å². The van der Waals surface area contributed by atoms with Gasteiger partial charge in [-0.25, -0.2) is 13.1 Å². The fourth-order valence-electron chi connectivity index (χ4n) is 1.64. The van der Waals surface area contributed by atoms with E-state index in [4.69, 9.17) is 0 Å². The van der Waals surface area contributed by atoms with Crippen LogP contribution in [-0.4, -0.2) is 19.9 Å². The number of unbranched alkanes of at least 4 members (excludes halogenated alkanes) is 3. The third-order valence-electron chi connectivity index (χ3n) is 2.75. The fraction of sp³-hybridized carbons (Fsp3) is 0.500. The zero-order valence-electron chi connectivity index (χ0n) is 11.1. The van der Waals surface area contributed by atoms with Gasteiger partial charge in [0.2, 0.25) is 15.8 Å². The number of nitro groups is 1. The summed E-state index contributed by atoms with van der Waals surface area (Å²) >= 11 is 0. The van der Waals surface area contributed by atoms with E-state index in [0.29, 0.717) is 12.5 Å². The first-order chi connectivity index (χ1) is 9.38. The largest absolute Gasteiger partial charge is 0.304 e. The molecule has 0 aliphatic heterocycles. The third kappa shape index (κ3) is 4.53. The minimum atomic E-state index is -3.83. The maximum Gasteiger partial charge on any atom is 0.304 e. The summed E-state index contributed by atoms with van der Waals surface area (Å²) in [6, 6.07) is 2.53. The Morgan fingerprint density at radius 1 is 1.30 bits per heavy atom. The van der Waals surface area contributed by atoms with Crippen LogP contribution in [0.1, 0.15) is 32.6 Å². The summed E-state index contributed by atoms with van der Waals surface area (Å²) in [5.41, 5.74) is -0.744. The van der Waals surface area contributed by atoms with E-state index >= 15 is 0 Å². The molecule has 0 bridgehead atoms. The lowest BCUT2D eigenvalue weighted by Gasteiger charge is -2.06. The van der Waals surface area contributed by atoms with Crippen LogP contribution in [0.5, 0.6) is 0 Å². The van der Waals surface area contributed by atoms with Gasteiger partial charge in [0.25, 0.3) is 0 Å². The highest BCUT2D eigenvalue weighted by atomic mass is 32.2. The van der Waals surface area contributed by atoms with Crippen LogP contribution in [0.2, 0.25) is 0 Å². The van der Waals surface area contributed by atoms with Gasteiger partial charge in [-0.05, 0) is 12.5 Å². The molecule has 0 radical (unpaired) electrons. The lowest BCUT2D eigenvalue weighted by atomic mass is 10.2. The molecule has 6 nitrogen and oxygen atoms in total. The van der Waals surface area contributed by atoms with Crippen LogP contribution in [-0.2, 0) is 10.0 Å². The zero-order valence-corrected chi connectivity index (χ0v) is 12.0. The number of rotatable bonds is 8. The predicted molar refractivity (Wildman–Crippen MR) is 72.4 cm³/mol. The van der Waals surface area contributed by atoms with Crippen LogP contribution in [0.4, 0.5) is 10.1 Å². The molecule has 1 N–H and O–H groups in total. The van der Waals surface area contributed by atoms with Gasteiger partial charge in [0, 0.05) is 18.7 Å². The molecule has 0 aliphatic carbocycles. The van der Waals surface area contributed by atoms with Gasteiger partial charge < -0.3 is 0 Å². The van der Waals surface area contributed by atoms with Crippen molar-refractivity contribution in [2.45, 2.75) is 37.5 Å². The zero-order chi connectivity index (χ0) is 15.2. The van der Waals surface area contributed by atoms with Crippen molar-refractivity contribution < 1.29 is 17.7 Å². The Labute approximate surface area is 117 Å². The van der Waals surface area contributed by atoms with E-state index in [1.54, 1.807) is 0 Å². The van der Waals surface area contributed by atoms with Crippen LogP contribution in [0.25, 0.3) is 0 Å². The molecule has 0 saturated heterocycles. The summed E-state index contributed by atoms with van der Waals surface area (Å²) in [5, 5.41) is 10.5.